The monoisotopic (exact) mass is 444 g/mol. The lowest BCUT2D eigenvalue weighted by Gasteiger charge is -2.33. The maximum absolute atomic E-state index is 11.2. The Labute approximate surface area is 183 Å². The van der Waals surface area contributed by atoms with E-state index in [-0.39, 0.29) is 67.7 Å². The van der Waals surface area contributed by atoms with Gasteiger partial charge in [0, 0.05) is 39.6 Å². The number of hydrogen-bond acceptors (Lipinski definition) is 9. The Bertz CT molecular complexity index is 309. The Morgan fingerprint density at radius 1 is 0.667 bits per heavy atom. The number of carbonyl (C=O) groups is 1. The third kappa shape index (κ3) is 20.5. The molecule has 0 radical (unpaired) electrons. The van der Waals surface area contributed by atoms with Crippen molar-refractivity contribution < 1.29 is 43.8 Å². The average molecular weight is 445 g/mol. The van der Waals surface area contributed by atoms with Crippen LogP contribution in [-0.4, -0.2) is 101 Å². The summed E-state index contributed by atoms with van der Waals surface area (Å²) in [6.07, 6.45) is 1.72. The second-order valence-corrected chi connectivity index (χ2v) is 6.27. The molecule has 0 aliphatic rings. The minimum absolute atomic E-state index is 0. The lowest BCUT2D eigenvalue weighted by Crippen LogP contribution is -2.42. The number of aliphatic hydroxyl groups is 3. The first-order valence-electron chi connectivity index (χ1n) is 9.34. The van der Waals surface area contributed by atoms with Gasteiger partial charge < -0.3 is 39.0 Å². The molecule has 0 bridgehead atoms. The molecule has 9 heteroatoms. The Kier molecular flexibility index (Phi) is 32.0. The first-order valence-corrected chi connectivity index (χ1v) is 9.34. The van der Waals surface area contributed by atoms with Crippen molar-refractivity contribution in [3.63, 3.8) is 0 Å². The fraction of sp³-hybridized carbons (Fsp3) is 0.952. The van der Waals surface area contributed by atoms with Crippen LogP contribution in [-0.2, 0) is 28.5 Å². The molecule has 0 spiro atoms. The Balaban J connectivity index is -0.00000113. The Morgan fingerprint density at radius 2 is 1.00 bits per heavy atom. The lowest BCUT2D eigenvalue weighted by atomic mass is 9.92. The van der Waals surface area contributed by atoms with Gasteiger partial charge in [-0.2, -0.15) is 0 Å². The molecule has 0 aromatic carbocycles. The number of esters is 1. The summed E-state index contributed by atoms with van der Waals surface area (Å²) >= 11 is 0. The highest BCUT2D eigenvalue weighted by Crippen LogP contribution is 2.21. The van der Waals surface area contributed by atoms with Crippen molar-refractivity contribution in [2.24, 2.45) is 5.41 Å². The molecule has 30 heavy (non-hydrogen) atoms. The highest BCUT2D eigenvalue weighted by atomic mass is 16.5. The zero-order chi connectivity index (χ0) is 20.2. The molecule has 0 aliphatic heterocycles. The summed E-state index contributed by atoms with van der Waals surface area (Å²) in [5.41, 5.74) is -0.601. The van der Waals surface area contributed by atoms with E-state index in [1.807, 2.05) is 0 Å². The quantitative estimate of drug-likeness (QED) is 0.190. The summed E-state index contributed by atoms with van der Waals surface area (Å²) in [5.74, 6) is -0.349. The molecule has 0 saturated heterocycles. The van der Waals surface area contributed by atoms with Crippen LogP contribution in [0.3, 0.4) is 0 Å². The topological polar surface area (TPSA) is 124 Å². The highest BCUT2D eigenvalue weighted by Gasteiger charge is 2.32. The van der Waals surface area contributed by atoms with E-state index in [2.05, 4.69) is 4.74 Å². The molecule has 9 nitrogen and oxygen atoms in total. The van der Waals surface area contributed by atoms with Crippen molar-refractivity contribution in [3.05, 3.63) is 0 Å². The fourth-order valence-corrected chi connectivity index (χ4v) is 2.16. The number of rotatable bonds is 20. The summed E-state index contributed by atoms with van der Waals surface area (Å²) < 4.78 is 27.2. The fourth-order valence-electron chi connectivity index (χ4n) is 2.16. The third-order valence-electron chi connectivity index (χ3n) is 3.65. The molecular weight excluding hydrogens is 396 g/mol. The van der Waals surface area contributed by atoms with Crippen LogP contribution in [0.1, 0.15) is 48.0 Å². The standard InChI is InChI=1S/C18H36O9.3CH4/c1-23-17(22)5-12-27-16-18(13-24-9-2-6-19,14-25-10-3-7-20)15-26-11-4-8-21;;;/h19-21H,2-16H2,1H3;3*1H4. The molecule has 0 rings (SSSR count). The third-order valence-corrected chi connectivity index (χ3v) is 3.65. The summed E-state index contributed by atoms with van der Waals surface area (Å²) in [6, 6.07) is 0. The number of methoxy groups -OCH3 is 1. The zero-order valence-electron chi connectivity index (χ0n) is 16.4. The molecule has 0 aromatic rings. The number of carbonyl (C=O) groups excluding carboxylic acids is 1. The van der Waals surface area contributed by atoms with Crippen molar-refractivity contribution in [2.75, 3.05) is 79.8 Å². The number of hydrogen-bond donors (Lipinski definition) is 3. The molecule has 3 N–H and O–H groups in total. The van der Waals surface area contributed by atoms with Crippen molar-refractivity contribution in [1.29, 1.82) is 0 Å². The van der Waals surface area contributed by atoms with E-state index in [9.17, 15) is 4.79 Å². The molecule has 0 aromatic heterocycles. The van der Waals surface area contributed by atoms with Gasteiger partial charge in [0.1, 0.15) is 0 Å². The maximum atomic E-state index is 11.2. The van der Waals surface area contributed by atoms with Gasteiger partial charge in [0.25, 0.3) is 0 Å². The van der Waals surface area contributed by atoms with Crippen molar-refractivity contribution in [2.45, 2.75) is 48.0 Å². The molecule has 0 atom stereocenters. The second-order valence-electron chi connectivity index (χ2n) is 6.27. The van der Waals surface area contributed by atoms with E-state index in [4.69, 9.17) is 34.3 Å². The predicted molar refractivity (Wildman–Crippen MR) is 118 cm³/mol. The van der Waals surface area contributed by atoms with Crippen molar-refractivity contribution >= 4 is 5.97 Å². The molecular formula is C21H48O9. The highest BCUT2D eigenvalue weighted by molar-refractivity contribution is 5.69. The molecule has 0 saturated carbocycles. The molecule has 0 unspecified atom stereocenters. The van der Waals surface area contributed by atoms with Gasteiger partial charge in [-0.05, 0) is 19.3 Å². The van der Waals surface area contributed by atoms with Crippen LogP contribution in [0, 0.1) is 5.41 Å². The summed E-state index contributed by atoms with van der Waals surface area (Å²) in [5, 5.41) is 26.7. The minimum Gasteiger partial charge on any atom is -0.469 e. The maximum Gasteiger partial charge on any atom is 0.307 e. The van der Waals surface area contributed by atoms with Gasteiger partial charge in [0.15, 0.2) is 0 Å². The van der Waals surface area contributed by atoms with Crippen molar-refractivity contribution in [1.82, 2.24) is 0 Å². The summed E-state index contributed by atoms with van der Waals surface area (Å²) in [6.45, 7) is 2.67. The van der Waals surface area contributed by atoms with Crippen molar-refractivity contribution in [3.8, 4) is 0 Å². The Hall–Kier alpha value is -0.810. The van der Waals surface area contributed by atoms with E-state index >= 15 is 0 Å². The van der Waals surface area contributed by atoms with Gasteiger partial charge in [0.2, 0.25) is 0 Å². The van der Waals surface area contributed by atoms with Gasteiger partial charge >= 0.3 is 5.97 Å². The van der Waals surface area contributed by atoms with Gasteiger partial charge in [0.05, 0.1) is 52.0 Å². The van der Waals surface area contributed by atoms with Gasteiger partial charge in [-0.1, -0.05) is 22.3 Å². The number of ether oxygens (including phenoxy) is 5. The summed E-state index contributed by atoms with van der Waals surface area (Å²) in [7, 11) is 1.33. The van der Waals surface area contributed by atoms with E-state index in [0.717, 1.165) is 0 Å². The van der Waals surface area contributed by atoms with Crippen LogP contribution in [0.4, 0.5) is 0 Å². The largest absolute Gasteiger partial charge is 0.469 e. The second kappa shape index (κ2) is 26.2. The Morgan fingerprint density at radius 3 is 1.30 bits per heavy atom. The van der Waals surface area contributed by atoms with Gasteiger partial charge in [-0.25, -0.2) is 0 Å². The van der Waals surface area contributed by atoms with Crippen LogP contribution in [0.15, 0.2) is 0 Å². The van der Waals surface area contributed by atoms with Gasteiger partial charge in [-0.3, -0.25) is 4.79 Å². The SMILES string of the molecule is C.C.C.COC(=O)CCOCC(COCCCO)(COCCCO)COCCCO. The van der Waals surface area contributed by atoms with E-state index in [1.54, 1.807) is 0 Å². The van der Waals surface area contributed by atoms with Crippen LogP contribution >= 0.6 is 0 Å². The van der Waals surface area contributed by atoms with E-state index < -0.39 is 5.41 Å². The predicted octanol–water partition coefficient (Wildman–Crippen LogP) is 1.66. The molecule has 0 heterocycles. The molecule has 0 amide bonds. The lowest BCUT2D eigenvalue weighted by molar-refractivity contribution is -0.143. The molecule has 186 valence electrons. The molecule has 0 fully saturated rings. The zero-order valence-corrected chi connectivity index (χ0v) is 16.4. The van der Waals surface area contributed by atoms with Crippen LogP contribution < -0.4 is 0 Å². The smallest absolute Gasteiger partial charge is 0.307 e. The van der Waals surface area contributed by atoms with E-state index in [1.165, 1.54) is 7.11 Å². The van der Waals surface area contributed by atoms with Crippen LogP contribution in [0.5, 0.6) is 0 Å². The first-order chi connectivity index (χ1) is 13.1. The minimum atomic E-state index is -0.601. The molecule has 0 aliphatic carbocycles. The van der Waals surface area contributed by atoms with Crippen LogP contribution in [0.25, 0.3) is 0 Å². The average Bonchev–Trinajstić information content (AvgIpc) is 2.69. The normalized spacial score (nSPS) is 10.5. The van der Waals surface area contributed by atoms with Crippen LogP contribution in [0.2, 0.25) is 0 Å². The first kappa shape index (κ1) is 36.6. The number of aliphatic hydroxyl groups excluding tert-OH is 3. The van der Waals surface area contributed by atoms with E-state index in [0.29, 0.717) is 58.9 Å². The summed E-state index contributed by atoms with van der Waals surface area (Å²) in [4.78, 5) is 11.2. The van der Waals surface area contributed by atoms with Gasteiger partial charge in [-0.15, -0.1) is 0 Å².